The van der Waals surface area contributed by atoms with Gasteiger partial charge in [-0.25, -0.2) is 4.99 Å². The molecule has 1 aliphatic rings. The summed E-state index contributed by atoms with van der Waals surface area (Å²) < 4.78 is 0. The van der Waals surface area contributed by atoms with Gasteiger partial charge < -0.3 is 5.73 Å². The first-order valence-electron chi connectivity index (χ1n) is 3.65. The Bertz CT molecular complexity index is 399. The number of nitrogens with two attached hydrogens (primary N) is 1. The summed E-state index contributed by atoms with van der Waals surface area (Å²) in [5, 5.41) is 8.61. The number of hydrogen-bond donors (Lipinski definition) is 1. The summed E-state index contributed by atoms with van der Waals surface area (Å²) in [6, 6.07) is 7.51. The molecule has 3 nitrogen and oxygen atoms in total. The van der Waals surface area contributed by atoms with E-state index in [2.05, 4.69) is 11.1 Å². The van der Waals surface area contributed by atoms with E-state index in [1.807, 2.05) is 6.07 Å². The van der Waals surface area contributed by atoms with E-state index in [4.69, 9.17) is 11.0 Å². The van der Waals surface area contributed by atoms with Gasteiger partial charge >= 0.3 is 0 Å². The van der Waals surface area contributed by atoms with Crippen molar-refractivity contribution in [2.24, 2.45) is 10.7 Å². The predicted molar refractivity (Wildman–Crippen MR) is 46.1 cm³/mol. The molecule has 0 atom stereocenters. The topological polar surface area (TPSA) is 62.2 Å². The quantitative estimate of drug-likeness (QED) is 0.613. The molecule has 1 aromatic rings. The highest BCUT2D eigenvalue weighted by molar-refractivity contribution is 5.91. The molecule has 0 spiro atoms. The van der Waals surface area contributed by atoms with Crippen LogP contribution in [0.2, 0.25) is 0 Å². The molecule has 0 aliphatic carbocycles. The second-order valence-corrected chi connectivity index (χ2v) is 2.74. The number of amidine groups is 1. The molecular formula is C9H7N3. The van der Waals surface area contributed by atoms with Crippen LogP contribution >= 0.6 is 0 Å². The van der Waals surface area contributed by atoms with Crippen LogP contribution < -0.4 is 5.73 Å². The SMILES string of the molecule is N#Cc1ccc2c(c1)N=C(N)C2. The fourth-order valence-corrected chi connectivity index (χ4v) is 1.28. The maximum absolute atomic E-state index is 8.61. The zero-order chi connectivity index (χ0) is 8.55. The van der Waals surface area contributed by atoms with Crippen molar-refractivity contribution in [3.05, 3.63) is 29.3 Å². The predicted octanol–water partition coefficient (Wildman–Crippen LogP) is 1.10. The molecule has 58 valence electrons. The fraction of sp³-hybridized carbons (Fsp3) is 0.111. The van der Waals surface area contributed by atoms with E-state index in [0.29, 0.717) is 17.8 Å². The lowest BCUT2D eigenvalue weighted by molar-refractivity contribution is 1.36. The average molecular weight is 157 g/mol. The molecule has 1 heterocycles. The van der Waals surface area contributed by atoms with Gasteiger partial charge in [-0.15, -0.1) is 0 Å². The van der Waals surface area contributed by atoms with E-state index >= 15 is 0 Å². The number of rotatable bonds is 0. The molecular weight excluding hydrogens is 150 g/mol. The molecule has 0 bridgehead atoms. The molecule has 0 radical (unpaired) electrons. The molecule has 0 saturated carbocycles. The Hall–Kier alpha value is -1.82. The Kier molecular flexibility index (Phi) is 1.34. The average Bonchev–Trinajstić information content (AvgIpc) is 2.43. The Morgan fingerprint density at radius 1 is 1.50 bits per heavy atom. The lowest BCUT2D eigenvalue weighted by Gasteiger charge is -1.94. The van der Waals surface area contributed by atoms with Crippen molar-refractivity contribution in [2.75, 3.05) is 0 Å². The molecule has 1 aliphatic heterocycles. The molecule has 2 N–H and O–H groups in total. The van der Waals surface area contributed by atoms with Gasteiger partial charge in [0.25, 0.3) is 0 Å². The summed E-state index contributed by atoms with van der Waals surface area (Å²) >= 11 is 0. The van der Waals surface area contributed by atoms with Crippen molar-refractivity contribution >= 4 is 11.5 Å². The van der Waals surface area contributed by atoms with Crippen LogP contribution in [0.1, 0.15) is 11.1 Å². The zero-order valence-electron chi connectivity index (χ0n) is 6.41. The Labute approximate surface area is 70.1 Å². The summed E-state index contributed by atoms with van der Waals surface area (Å²) in [6.07, 6.45) is 0.709. The number of nitriles is 1. The number of nitrogens with zero attached hydrogens (tertiary/aromatic N) is 2. The first kappa shape index (κ1) is 6.86. The Balaban J connectivity index is 2.54. The van der Waals surface area contributed by atoms with Crippen molar-refractivity contribution in [3.63, 3.8) is 0 Å². The molecule has 2 rings (SSSR count). The van der Waals surface area contributed by atoms with Crippen LogP contribution in [-0.4, -0.2) is 5.84 Å². The normalized spacial score (nSPS) is 13.4. The van der Waals surface area contributed by atoms with Gasteiger partial charge in [-0.2, -0.15) is 5.26 Å². The van der Waals surface area contributed by atoms with Crippen molar-refractivity contribution in [1.82, 2.24) is 0 Å². The number of aliphatic imine (C=N–C) groups is 1. The van der Waals surface area contributed by atoms with E-state index in [0.717, 1.165) is 11.3 Å². The van der Waals surface area contributed by atoms with Gasteiger partial charge in [-0.05, 0) is 17.7 Å². The minimum atomic E-state index is 0.625. The van der Waals surface area contributed by atoms with Gasteiger partial charge in [-0.1, -0.05) is 6.07 Å². The highest BCUT2D eigenvalue weighted by Crippen LogP contribution is 2.26. The van der Waals surface area contributed by atoms with Gasteiger partial charge in [0.15, 0.2) is 0 Å². The van der Waals surface area contributed by atoms with E-state index in [1.165, 1.54) is 0 Å². The van der Waals surface area contributed by atoms with E-state index < -0.39 is 0 Å². The highest BCUT2D eigenvalue weighted by Gasteiger charge is 2.11. The smallest absolute Gasteiger partial charge is 0.104 e. The van der Waals surface area contributed by atoms with Crippen molar-refractivity contribution in [3.8, 4) is 6.07 Å². The minimum Gasteiger partial charge on any atom is -0.387 e. The van der Waals surface area contributed by atoms with Crippen LogP contribution in [0.4, 0.5) is 5.69 Å². The third-order valence-corrected chi connectivity index (χ3v) is 1.85. The molecule has 1 aromatic carbocycles. The third-order valence-electron chi connectivity index (χ3n) is 1.85. The van der Waals surface area contributed by atoms with Crippen LogP contribution in [0.25, 0.3) is 0 Å². The van der Waals surface area contributed by atoms with Crippen molar-refractivity contribution in [1.29, 1.82) is 5.26 Å². The van der Waals surface area contributed by atoms with Crippen molar-refractivity contribution < 1.29 is 0 Å². The van der Waals surface area contributed by atoms with E-state index in [9.17, 15) is 0 Å². The van der Waals surface area contributed by atoms with Crippen LogP contribution in [0.5, 0.6) is 0 Å². The minimum absolute atomic E-state index is 0.625. The van der Waals surface area contributed by atoms with Crippen LogP contribution in [-0.2, 0) is 6.42 Å². The summed E-state index contributed by atoms with van der Waals surface area (Å²) in [5.74, 6) is 0.625. The molecule has 0 unspecified atom stereocenters. The maximum atomic E-state index is 8.61. The Morgan fingerprint density at radius 2 is 2.33 bits per heavy atom. The summed E-state index contributed by atoms with van der Waals surface area (Å²) in [7, 11) is 0. The Morgan fingerprint density at radius 3 is 3.08 bits per heavy atom. The van der Waals surface area contributed by atoms with Gasteiger partial charge in [0.05, 0.1) is 17.3 Å². The molecule has 0 amide bonds. The summed E-state index contributed by atoms with van der Waals surface area (Å²) in [6.45, 7) is 0. The van der Waals surface area contributed by atoms with Crippen LogP contribution in [0, 0.1) is 11.3 Å². The maximum Gasteiger partial charge on any atom is 0.104 e. The van der Waals surface area contributed by atoms with Crippen LogP contribution in [0.15, 0.2) is 23.2 Å². The zero-order valence-corrected chi connectivity index (χ0v) is 6.41. The van der Waals surface area contributed by atoms with Gasteiger partial charge in [0, 0.05) is 6.42 Å². The molecule has 12 heavy (non-hydrogen) atoms. The standard InChI is InChI=1S/C9H7N3/c10-5-6-1-2-7-4-9(11)12-8(7)3-6/h1-3H,4H2,(H2,11,12). The number of hydrogen-bond acceptors (Lipinski definition) is 3. The largest absolute Gasteiger partial charge is 0.387 e. The molecule has 0 saturated heterocycles. The summed E-state index contributed by atoms with van der Waals surface area (Å²) in [4.78, 5) is 4.10. The highest BCUT2D eigenvalue weighted by atomic mass is 14.9. The molecule has 0 aromatic heterocycles. The second-order valence-electron chi connectivity index (χ2n) is 2.74. The lowest BCUT2D eigenvalue weighted by Crippen LogP contribution is -2.09. The van der Waals surface area contributed by atoms with Gasteiger partial charge in [-0.3, -0.25) is 0 Å². The van der Waals surface area contributed by atoms with Gasteiger partial charge in [0.1, 0.15) is 5.84 Å². The first-order chi connectivity index (χ1) is 5.79. The second kappa shape index (κ2) is 2.35. The van der Waals surface area contributed by atoms with Crippen molar-refractivity contribution in [2.45, 2.75) is 6.42 Å². The monoisotopic (exact) mass is 157 g/mol. The molecule has 0 fully saturated rings. The number of fused-ring (bicyclic) bond motifs is 1. The lowest BCUT2D eigenvalue weighted by atomic mass is 10.1. The third kappa shape index (κ3) is 0.940. The van der Waals surface area contributed by atoms with Crippen LogP contribution in [0.3, 0.4) is 0 Å². The van der Waals surface area contributed by atoms with E-state index in [1.54, 1.807) is 12.1 Å². The van der Waals surface area contributed by atoms with Gasteiger partial charge in [0.2, 0.25) is 0 Å². The molecule has 3 heteroatoms. The number of benzene rings is 1. The van der Waals surface area contributed by atoms with E-state index in [-0.39, 0.29) is 0 Å². The fourth-order valence-electron chi connectivity index (χ4n) is 1.28. The summed E-state index contributed by atoms with van der Waals surface area (Å²) in [5.41, 5.74) is 8.12. The first-order valence-corrected chi connectivity index (χ1v) is 3.65.